The van der Waals surface area contributed by atoms with E-state index in [9.17, 15) is 4.79 Å². The van der Waals surface area contributed by atoms with Crippen LogP contribution >= 0.6 is 0 Å². The highest BCUT2D eigenvalue weighted by Gasteiger charge is 2.17. The van der Waals surface area contributed by atoms with Crippen LogP contribution in [-0.2, 0) is 6.54 Å². The van der Waals surface area contributed by atoms with Crippen LogP contribution < -0.4 is 10.2 Å². The second-order valence-corrected chi connectivity index (χ2v) is 6.01. The van der Waals surface area contributed by atoms with Gasteiger partial charge in [-0.15, -0.1) is 0 Å². The molecule has 132 valence electrons. The number of carbonyl (C=O) groups is 1. The molecule has 0 saturated carbocycles. The summed E-state index contributed by atoms with van der Waals surface area (Å²) in [5, 5.41) is 3.25. The van der Waals surface area contributed by atoms with E-state index in [0.717, 1.165) is 11.3 Å². The summed E-state index contributed by atoms with van der Waals surface area (Å²) < 4.78 is 0. The van der Waals surface area contributed by atoms with E-state index >= 15 is 0 Å². The monoisotopic (exact) mass is 346 g/mol. The molecule has 0 aliphatic carbocycles. The van der Waals surface area contributed by atoms with Crippen molar-refractivity contribution >= 4 is 17.4 Å². The van der Waals surface area contributed by atoms with Crippen LogP contribution in [0, 0.1) is 6.92 Å². The van der Waals surface area contributed by atoms with Gasteiger partial charge in [0.15, 0.2) is 0 Å². The van der Waals surface area contributed by atoms with E-state index in [1.807, 2.05) is 37.3 Å². The lowest BCUT2D eigenvalue weighted by Gasteiger charge is -2.20. The minimum atomic E-state index is -0.139. The van der Waals surface area contributed by atoms with Gasteiger partial charge in [-0.1, -0.05) is 48.0 Å². The minimum Gasteiger partial charge on any atom is -0.366 e. The number of anilines is 2. The summed E-state index contributed by atoms with van der Waals surface area (Å²) in [5.74, 6) is 0.493. The van der Waals surface area contributed by atoms with E-state index in [-0.39, 0.29) is 5.91 Å². The molecular formula is C21H22N4O. The zero-order valence-electron chi connectivity index (χ0n) is 15.0. The molecule has 1 aromatic heterocycles. The Balaban J connectivity index is 1.73. The van der Waals surface area contributed by atoms with Crippen LogP contribution in [0.5, 0.6) is 0 Å². The Morgan fingerprint density at radius 2 is 1.77 bits per heavy atom. The molecule has 5 heteroatoms. The lowest BCUT2D eigenvalue weighted by molar-refractivity contribution is 0.0983. The van der Waals surface area contributed by atoms with Crippen LogP contribution in [0.2, 0.25) is 0 Å². The van der Waals surface area contributed by atoms with Crippen LogP contribution in [0.4, 0.5) is 11.5 Å². The number of rotatable bonds is 6. The first kappa shape index (κ1) is 17.6. The molecule has 1 amide bonds. The maximum absolute atomic E-state index is 12.8. The third-order valence-electron chi connectivity index (χ3n) is 4.11. The fourth-order valence-electron chi connectivity index (χ4n) is 2.66. The van der Waals surface area contributed by atoms with Gasteiger partial charge in [0.05, 0.1) is 0 Å². The number of benzene rings is 2. The Morgan fingerprint density at radius 1 is 1.04 bits per heavy atom. The summed E-state index contributed by atoms with van der Waals surface area (Å²) in [6.45, 7) is 5.22. The average molecular weight is 346 g/mol. The molecule has 0 bridgehead atoms. The summed E-state index contributed by atoms with van der Waals surface area (Å²) in [4.78, 5) is 22.9. The number of carbonyl (C=O) groups excluding carboxylic acids is 1. The zero-order chi connectivity index (χ0) is 18.4. The number of aryl methyl sites for hydroxylation is 1. The number of aromatic nitrogens is 2. The van der Waals surface area contributed by atoms with Gasteiger partial charge in [-0.05, 0) is 31.5 Å². The van der Waals surface area contributed by atoms with Gasteiger partial charge in [-0.2, -0.15) is 0 Å². The minimum absolute atomic E-state index is 0.139. The van der Waals surface area contributed by atoms with Crippen molar-refractivity contribution in [2.24, 2.45) is 0 Å². The van der Waals surface area contributed by atoms with Gasteiger partial charge in [0.2, 0.25) is 0 Å². The number of hydrogen-bond acceptors (Lipinski definition) is 4. The topological polar surface area (TPSA) is 58.1 Å². The van der Waals surface area contributed by atoms with Crippen molar-refractivity contribution in [2.75, 3.05) is 16.8 Å². The lowest BCUT2D eigenvalue weighted by Crippen LogP contribution is -2.31. The third-order valence-corrected chi connectivity index (χ3v) is 4.11. The van der Waals surface area contributed by atoms with Crippen molar-refractivity contribution in [1.82, 2.24) is 9.97 Å². The van der Waals surface area contributed by atoms with Gasteiger partial charge in [-0.25, -0.2) is 9.97 Å². The average Bonchev–Trinajstić information content (AvgIpc) is 2.69. The van der Waals surface area contributed by atoms with Gasteiger partial charge in [0, 0.05) is 24.8 Å². The molecule has 2 aromatic carbocycles. The molecule has 3 rings (SSSR count). The number of hydrogen-bond donors (Lipinski definition) is 1. The van der Waals surface area contributed by atoms with E-state index in [4.69, 9.17) is 0 Å². The van der Waals surface area contributed by atoms with Crippen molar-refractivity contribution in [3.63, 3.8) is 0 Å². The molecular weight excluding hydrogens is 324 g/mol. The molecule has 0 unspecified atom stereocenters. The van der Waals surface area contributed by atoms with Crippen molar-refractivity contribution in [3.05, 3.63) is 83.8 Å². The summed E-state index contributed by atoms with van der Waals surface area (Å²) in [5.41, 5.74) is 3.61. The predicted molar refractivity (Wildman–Crippen MR) is 104 cm³/mol. The van der Waals surface area contributed by atoms with E-state index in [1.54, 1.807) is 11.0 Å². The van der Waals surface area contributed by atoms with Crippen LogP contribution in [0.1, 0.15) is 28.5 Å². The van der Waals surface area contributed by atoms with Crippen molar-refractivity contribution in [2.45, 2.75) is 20.4 Å². The smallest absolute Gasteiger partial charge is 0.277 e. The highest BCUT2D eigenvalue weighted by molar-refractivity contribution is 6.05. The van der Waals surface area contributed by atoms with Gasteiger partial charge in [0.1, 0.15) is 17.8 Å². The first-order chi connectivity index (χ1) is 12.7. The SMILES string of the molecule is CCN(C(=O)c1cc(NCc2ccc(C)cc2)ncn1)c1ccccc1. The second-order valence-electron chi connectivity index (χ2n) is 6.01. The molecule has 26 heavy (non-hydrogen) atoms. The zero-order valence-corrected chi connectivity index (χ0v) is 15.0. The van der Waals surface area contributed by atoms with E-state index in [0.29, 0.717) is 24.6 Å². The van der Waals surface area contributed by atoms with Gasteiger partial charge in [-0.3, -0.25) is 4.79 Å². The highest BCUT2D eigenvalue weighted by atomic mass is 16.2. The predicted octanol–water partition coefficient (Wildman–Crippen LogP) is 4.06. The first-order valence-electron chi connectivity index (χ1n) is 8.65. The van der Waals surface area contributed by atoms with Gasteiger partial charge < -0.3 is 10.2 Å². The summed E-state index contributed by atoms with van der Waals surface area (Å²) in [6.07, 6.45) is 1.42. The summed E-state index contributed by atoms with van der Waals surface area (Å²) >= 11 is 0. The van der Waals surface area contributed by atoms with Crippen LogP contribution in [-0.4, -0.2) is 22.4 Å². The summed E-state index contributed by atoms with van der Waals surface area (Å²) in [6, 6.07) is 19.6. The van der Waals surface area contributed by atoms with Crippen LogP contribution in [0.25, 0.3) is 0 Å². The van der Waals surface area contributed by atoms with Gasteiger partial charge in [0.25, 0.3) is 5.91 Å². The number of amides is 1. The fourth-order valence-corrected chi connectivity index (χ4v) is 2.66. The Hall–Kier alpha value is -3.21. The maximum Gasteiger partial charge on any atom is 0.277 e. The Bertz CT molecular complexity index is 863. The van der Waals surface area contributed by atoms with Crippen molar-refractivity contribution < 1.29 is 4.79 Å². The fraction of sp³-hybridized carbons (Fsp3) is 0.190. The number of nitrogens with zero attached hydrogens (tertiary/aromatic N) is 3. The van der Waals surface area contributed by atoms with E-state index < -0.39 is 0 Å². The van der Waals surface area contributed by atoms with Crippen LogP contribution in [0.15, 0.2) is 67.0 Å². The van der Waals surface area contributed by atoms with E-state index in [2.05, 4.69) is 46.5 Å². The van der Waals surface area contributed by atoms with Crippen molar-refractivity contribution in [1.29, 1.82) is 0 Å². The molecule has 0 aliphatic heterocycles. The third kappa shape index (κ3) is 4.25. The molecule has 0 atom stereocenters. The molecule has 1 heterocycles. The van der Waals surface area contributed by atoms with Crippen molar-refractivity contribution in [3.8, 4) is 0 Å². The quantitative estimate of drug-likeness (QED) is 0.731. The molecule has 0 saturated heterocycles. The van der Waals surface area contributed by atoms with E-state index in [1.165, 1.54) is 11.9 Å². The Labute approximate surface area is 153 Å². The van der Waals surface area contributed by atoms with Crippen LogP contribution in [0.3, 0.4) is 0 Å². The molecule has 0 radical (unpaired) electrons. The molecule has 5 nitrogen and oxygen atoms in total. The highest BCUT2D eigenvalue weighted by Crippen LogP contribution is 2.17. The normalized spacial score (nSPS) is 10.4. The van der Waals surface area contributed by atoms with Gasteiger partial charge >= 0.3 is 0 Å². The summed E-state index contributed by atoms with van der Waals surface area (Å²) in [7, 11) is 0. The first-order valence-corrected chi connectivity index (χ1v) is 8.65. The Kier molecular flexibility index (Phi) is 5.59. The second kappa shape index (κ2) is 8.25. The largest absolute Gasteiger partial charge is 0.366 e. The molecule has 3 aromatic rings. The number of nitrogens with one attached hydrogen (secondary N) is 1. The molecule has 0 aliphatic rings. The molecule has 1 N–H and O–H groups in total. The molecule has 0 fully saturated rings. The molecule has 0 spiro atoms. The Morgan fingerprint density at radius 3 is 2.46 bits per heavy atom. The standard InChI is InChI=1S/C21H22N4O/c1-3-25(18-7-5-4-6-8-18)21(26)19-13-20(24-15-23-19)22-14-17-11-9-16(2)10-12-17/h4-13,15H,3,14H2,1-2H3,(H,22,23,24). The maximum atomic E-state index is 12.8. The lowest BCUT2D eigenvalue weighted by atomic mass is 10.1. The number of para-hydroxylation sites is 1.